The molecule has 0 bridgehead atoms. The Balaban J connectivity index is 1.92. The lowest BCUT2D eigenvalue weighted by Gasteiger charge is -2.25. The van der Waals surface area contributed by atoms with Gasteiger partial charge in [0.15, 0.2) is 16.3 Å². The summed E-state index contributed by atoms with van der Waals surface area (Å²) >= 11 is 1.29. The van der Waals surface area contributed by atoms with Crippen molar-refractivity contribution in [2.24, 2.45) is 4.99 Å². The third kappa shape index (κ3) is 4.66. The van der Waals surface area contributed by atoms with Crippen LogP contribution in [0.25, 0.3) is 6.08 Å². The summed E-state index contributed by atoms with van der Waals surface area (Å²) in [5, 5.41) is 0. The van der Waals surface area contributed by atoms with Crippen LogP contribution in [0.15, 0.2) is 63.5 Å². The molecule has 0 unspecified atom stereocenters. The molecule has 2 heterocycles. The summed E-state index contributed by atoms with van der Waals surface area (Å²) in [4.78, 5) is 33.9. The molecule has 0 fully saturated rings. The third-order valence-electron chi connectivity index (χ3n) is 5.95. The van der Waals surface area contributed by atoms with E-state index < -0.39 is 12.0 Å². The number of esters is 1. The van der Waals surface area contributed by atoms with Crippen molar-refractivity contribution in [1.29, 1.82) is 0 Å². The molecule has 2 aromatic carbocycles. The summed E-state index contributed by atoms with van der Waals surface area (Å²) in [6, 6.07) is 12.6. The van der Waals surface area contributed by atoms with Gasteiger partial charge in [-0.1, -0.05) is 29.5 Å². The van der Waals surface area contributed by atoms with Crippen LogP contribution >= 0.6 is 11.3 Å². The lowest BCUT2D eigenvalue weighted by Crippen LogP contribution is -2.39. The smallest absolute Gasteiger partial charge is 0.338 e. The van der Waals surface area contributed by atoms with E-state index in [1.165, 1.54) is 11.3 Å². The maximum Gasteiger partial charge on any atom is 0.338 e. The Bertz CT molecular complexity index is 1500. The summed E-state index contributed by atoms with van der Waals surface area (Å²) in [5.41, 5.74) is 3.25. The van der Waals surface area contributed by atoms with Crippen LogP contribution in [0, 0.1) is 0 Å². The number of methoxy groups -OCH3 is 2. The maximum atomic E-state index is 13.7. The first-order valence-corrected chi connectivity index (χ1v) is 12.3. The zero-order valence-corrected chi connectivity index (χ0v) is 22.0. The highest BCUT2D eigenvalue weighted by Crippen LogP contribution is 2.36. The van der Waals surface area contributed by atoms with Crippen LogP contribution < -0.4 is 29.3 Å². The summed E-state index contributed by atoms with van der Waals surface area (Å²) in [7, 11) is 7.05. The highest BCUT2D eigenvalue weighted by atomic mass is 32.1. The largest absolute Gasteiger partial charge is 0.493 e. The number of hydrogen-bond donors (Lipinski definition) is 0. The molecule has 0 spiro atoms. The van der Waals surface area contributed by atoms with Gasteiger partial charge in [-0.15, -0.1) is 0 Å². The molecule has 1 atom stereocenters. The number of benzene rings is 2. The van der Waals surface area contributed by atoms with Crippen molar-refractivity contribution in [3.63, 3.8) is 0 Å². The SMILES string of the molecule is CCOC(=O)C1=C(C)N=c2s/c(=C/c3ccc(N(C)C)cc3)c(=O)n2[C@H]1c1ccc(OC)c(OC)c1. The van der Waals surface area contributed by atoms with Gasteiger partial charge in [-0.3, -0.25) is 9.36 Å². The van der Waals surface area contributed by atoms with E-state index in [-0.39, 0.29) is 12.2 Å². The van der Waals surface area contributed by atoms with E-state index >= 15 is 0 Å². The minimum Gasteiger partial charge on any atom is -0.493 e. The Labute approximate surface area is 213 Å². The number of aromatic nitrogens is 1. The number of hydrogen-bond acceptors (Lipinski definition) is 8. The van der Waals surface area contributed by atoms with E-state index in [0.29, 0.717) is 37.7 Å². The number of nitrogens with zero attached hydrogens (tertiary/aromatic N) is 3. The molecule has 36 heavy (non-hydrogen) atoms. The van der Waals surface area contributed by atoms with Gasteiger partial charge in [0.2, 0.25) is 0 Å². The Kier molecular flexibility index (Phi) is 7.30. The molecule has 1 aliphatic heterocycles. The van der Waals surface area contributed by atoms with Crippen LogP contribution in [0.1, 0.15) is 31.0 Å². The van der Waals surface area contributed by atoms with Crippen molar-refractivity contribution >= 4 is 29.1 Å². The molecule has 0 N–H and O–H groups in total. The van der Waals surface area contributed by atoms with E-state index in [1.807, 2.05) is 55.4 Å². The van der Waals surface area contributed by atoms with Crippen LogP contribution in [-0.2, 0) is 9.53 Å². The number of rotatable bonds is 7. The molecule has 0 radical (unpaired) electrons. The first-order valence-electron chi connectivity index (χ1n) is 11.5. The zero-order chi connectivity index (χ0) is 26.0. The number of anilines is 1. The number of fused-ring (bicyclic) bond motifs is 1. The van der Waals surface area contributed by atoms with Gasteiger partial charge in [0.25, 0.3) is 5.56 Å². The molecule has 0 aliphatic carbocycles. The number of carbonyl (C=O) groups excluding carboxylic acids is 1. The van der Waals surface area contributed by atoms with E-state index in [4.69, 9.17) is 14.2 Å². The molecule has 0 amide bonds. The highest BCUT2D eigenvalue weighted by Gasteiger charge is 2.33. The lowest BCUT2D eigenvalue weighted by atomic mass is 9.95. The van der Waals surface area contributed by atoms with E-state index in [1.54, 1.807) is 44.8 Å². The topological polar surface area (TPSA) is 82.4 Å². The molecule has 0 saturated heterocycles. The predicted molar refractivity (Wildman–Crippen MR) is 141 cm³/mol. The van der Waals surface area contributed by atoms with Crippen molar-refractivity contribution < 1.29 is 19.0 Å². The third-order valence-corrected chi connectivity index (χ3v) is 6.93. The molecular weight excluding hydrogens is 478 g/mol. The average molecular weight is 508 g/mol. The molecule has 3 aromatic rings. The fourth-order valence-corrected chi connectivity index (χ4v) is 5.20. The fraction of sp³-hybridized carbons (Fsp3) is 0.296. The average Bonchev–Trinajstić information content (AvgIpc) is 3.17. The van der Waals surface area contributed by atoms with Crippen LogP contribution in [0.5, 0.6) is 11.5 Å². The van der Waals surface area contributed by atoms with Crippen LogP contribution in [0.3, 0.4) is 0 Å². The van der Waals surface area contributed by atoms with Gasteiger partial charge in [0.1, 0.15) is 0 Å². The van der Waals surface area contributed by atoms with Gasteiger partial charge in [-0.05, 0) is 55.3 Å². The minimum absolute atomic E-state index is 0.210. The van der Waals surface area contributed by atoms with Crippen LogP contribution in [0.2, 0.25) is 0 Å². The zero-order valence-electron chi connectivity index (χ0n) is 21.2. The molecule has 1 aromatic heterocycles. The maximum absolute atomic E-state index is 13.7. The molecule has 1 aliphatic rings. The molecule has 8 nitrogen and oxygen atoms in total. The van der Waals surface area contributed by atoms with Gasteiger partial charge >= 0.3 is 5.97 Å². The Morgan fingerprint density at radius 3 is 2.42 bits per heavy atom. The Hall–Kier alpha value is -3.85. The van der Waals surface area contributed by atoms with Gasteiger partial charge < -0.3 is 19.1 Å². The van der Waals surface area contributed by atoms with Crippen molar-refractivity contribution in [3.8, 4) is 11.5 Å². The summed E-state index contributed by atoms with van der Waals surface area (Å²) in [5.74, 6) is 0.538. The van der Waals surface area contributed by atoms with Crippen molar-refractivity contribution in [3.05, 3.63) is 84.5 Å². The van der Waals surface area contributed by atoms with Crippen molar-refractivity contribution in [2.45, 2.75) is 19.9 Å². The first-order chi connectivity index (χ1) is 17.3. The lowest BCUT2D eigenvalue weighted by molar-refractivity contribution is -0.139. The molecule has 9 heteroatoms. The number of carbonyl (C=O) groups is 1. The molecule has 188 valence electrons. The Morgan fingerprint density at radius 2 is 1.81 bits per heavy atom. The second-order valence-corrected chi connectivity index (χ2v) is 9.41. The van der Waals surface area contributed by atoms with Gasteiger partial charge in [-0.2, -0.15) is 0 Å². The second kappa shape index (κ2) is 10.4. The first kappa shape index (κ1) is 25.2. The second-order valence-electron chi connectivity index (χ2n) is 8.40. The Morgan fingerprint density at radius 1 is 1.11 bits per heavy atom. The number of ether oxygens (including phenoxy) is 3. The molecular formula is C27H29N3O5S. The van der Waals surface area contributed by atoms with E-state index in [9.17, 15) is 9.59 Å². The quantitative estimate of drug-likeness (QED) is 0.458. The van der Waals surface area contributed by atoms with E-state index in [0.717, 1.165) is 11.3 Å². The summed E-state index contributed by atoms with van der Waals surface area (Å²) in [6.07, 6.45) is 1.85. The van der Waals surface area contributed by atoms with Gasteiger partial charge in [-0.25, -0.2) is 9.79 Å². The predicted octanol–water partition coefficient (Wildman–Crippen LogP) is 2.88. The van der Waals surface area contributed by atoms with Gasteiger partial charge in [0, 0.05) is 19.8 Å². The molecule has 0 saturated carbocycles. The normalized spacial score (nSPS) is 15.3. The standard InChI is InChI=1S/C27H29N3O5S/c1-7-35-26(32)23-16(2)28-27-30(24(23)18-10-13-20(33-5)21(15-18)34-6)25(31)22(36-27)14-17-8-11-19(12-9-17)29(3)4/h8-15,24H,7H2,1-6H3/b22-14+/t24-/m0/s1. The fourth-order valence-electron chi connectivity index (χ4n) is 4.15. The molecule has 4 rings (SSSR count). The number of allylic oxidation sites excluding steroid dienone is 1. The minimum atomic E-state index is -0.724. The van der Waals surface area contributed by atoms with E-state index in [2.05, 4.69) is 4.99 Å². The summed E-state index contributed by atoms with van der Waals surface area (Å²) in [6.45, 7) is 3.72. The van der Waals surface area contributed by atoms with Crippen LogP contribution in [0.4, 0.5) is 5.69 Å². The summed E-state index contributed by atoms with van der Waals surface area (Å²) < 4.78 is 18.3. The monoisotopic (exact) mass is 507 g/mol. The van der Waals surface area contributed by atoms with Crippen molar-refractivity contribution in [2.75, 3.05) is 39.8 Å². The highest BCUT2D eigenvalue weighted by molar-refractivity contribution is 7.07. The van der Waals surface area contributed by atoms with Crippen LogP contribution in [-0.4, -0.2) is 45.5 Å². The number of thiazole rings is 1. The van der Waals surface area contributed by atoms with Crippen molar-refractivity contribution in [1.82, 2.24) is 4.57 Å². The van der Waals surface area contributed by atoms with Gasteiger partial charge in [0.05, 0.1) is 42.7 Å².